The van der Waals surface area contributed by atoms with Crippen LogP contribution in [0, 0.1) is 11.8 Å². The zero-order chi connectivity index (χ0) is 23.7. The highest BCUT2D eigenvalue weighted by Crippen LogP contribution is 2.40. The van der Waals surface area contributed by atoms with Crippen LogP contribution < -0.4 is 4.74 Å². The summed E-state index contributed by atoms with van der Waals surface area (Å²) in [6, 6.07) is 16.1. The number of carbonyl (C=O) groups excluding carboxylic acids is 1. The molecule has 1 aliphatic carbocycles. The van der Waals surface area contributed by atoms with E-state index in [2.05, 4.69) is 5.10 Å². The Morgan fingerprint density at radius 1 is 1.03 bits per heavy atom. The molecule has 1 aliphatic heterocycles. The van der Waals surface area contributed by atoms with Crippen molar-refractivity contribution in [1.29, 1.82) is 0 Å². The van der Waals surface area contributed by atoms with Crippen LogP contribution >= 0.6 is 11.6 Å². The molecule has 8 nitrogen and oxygen atoms in total. The van der Waals surface area contributed by atoms with Gasteiger partial charge in [-0.15, -0.1) is 0 Å². The molecule has 3 atom stereocenters. The van der Waals surface area contributed by atoms with Crippen molar-refractivity contribution >= 4 is 23.6 Å². The number of aromatic carboxylic acids is 1. The van der Waals surface area contributed by atoms with Gasteiger partial charge in [0, 0.05) is 24.3 Å². The van der Waals surface area contributed by atoms with Crippen LogP contribution in [0.4, 0.5) is 4.79 Å². The zero-order valence-corrected chi connectivity index (χ0v) is 19.1. The molecule has 3 aromatic rings. The van der Waals surface area contributed by atoms with Crippen molar-refractivity contribution in [2.75, 3.05) is 13.1 Å². The lowest BCUT2D eigenvalue weighted by molar-refractivity contribution is 0.0382. The lowest BCUT2D eigenvalue weighted by Gasteiger charge is -2.19. The van der Waals surface area contributed by atoms with Crippen LogP contribution in [-0.4, -0.2) is 51.0 Å². The van der Waals surface area contributed by atoms with Gasteiger partial charge in [0.15, 0.2) is 5.69 Å². The normalized spacial score (nSPS) is 21.4. The Hall–Kier alpha value is -3.36. The second-order valence-electron chi connectivity index (χ2n) is 8.77. The van der Waals surface area contributed by atoms with Gasteiger partial charge < -0.3 is 19.5 Å². The summed E-state index contributed by atoms with van der Waals surface area (Å²) in [4.78, 5) is 25.4. The van der Waals surface area contributed by atoms with Crippen LogP contribution in [-0.2, 0) is 11.3 Å². The van der Waals surface area contributed by atoms with Gasteiger partial charge in [0.1, 0.15) is 11.5 Å². The Kier molecular flexibility index (Phi) is 6.26. The molecular weight excluding hydrogens is 458 g/mol. The highest BCUT2D eigenvalue weighted by Gasteiger charge is 2.43. The molecule has 1 amide bonds. The van der Waals surface area contributed by atoms with E-state index in [-0.39, 0.29) is 17.8 Å². The number of fused-ring (bicyclic) bond motifs is 1. The molecule has 1 saturated heterocycles. The Bertz CT molecular complexity index is 1180. The van der Waals surface area contributed by atoms with Crippen LogP contribution in [0.2, 0.25) is 5.02 Å². The van der Waals surface area contributed by atoms with E-state index in [9.17, 15) is 9.59 Å². The van der Waals surface area contributed by atoms with Crippen molar-refractivity contribution in [3.8, 4) is 11.5 Å². The fraction of sp³-hybridized carbons (Fsp3) is 0.320. The fourth-order valence-corrected chi connectivity index (χ4v) is 4.90. The standard InChI is InChI=1S/C25H24ClN3O5/c26-19-4-6-20(7-5-19)34-21-3-1-2-16(10-21)15-33-22-11-17-13-28(14-18(17)12-22)25(32)29-9-8-23(27-29)24(30)31/h1-10,17-18,22H,11-15H2,(H,30,31)/t17-,18+,22?. The molecule has 0 radical (unpaired) electrons. The quantitative estimate of drug-likeness (QED) is 0.537. The molecule has 2 aliphatic rings. The average molecular weight is 482 g/mol. The first kappa shape index (κ1) is 22.4. The van der Waals surface area contributed by atoms with E-state index >= 15 is 0 Å². The van der Waals surface area contributed by atoms with E-state index in [0.29, 0.717) is 36.6 Å². The topological polar surface area (TPSA) is 93.9 Å². The van der Waals surface area contributed by atoms with Crippen molar-refractivity contribution in [2.45, 2.75) is 25.6 Å². The predicted molar refractivity (Wildman–Crippen MR) is 124 cm³/mol. The number of carbonyl (C=O) groups is 2. The van der Waals surface area contributed by atoms with Gasteiger partial charge in [-0.2, -0.15) is 9.78 Å². The van der Waals surface area contributed by atoms with Gasteiger partial charge in [-0.3, -0.25) is 0 Å². The minimum absolute atomic E-state index is 0.135. The van der Waals surface area contributed by atoms with Gasteiger partial charge in [-0.25, -0.2) is 9.59 Å². The minimum Gasteiger partial charge on any atom is -0.476 e. The first-order chi connectivity index (χ1) is 16.4. The summed E-state index contributed by atoms with van der Waals surface area (Å²) in [7, 11) is 0. The molecule has 0 spiro atoms. The SMILES string of the molecule is O=C(O)c1ccn(C(=O)N2C[C@H]3CC(OCc4cccc(Oc5ccc(Cl)cc5)c4)C[C@H]3C2)n1. The van der Waals surface area contributed by atoms with Crippen molar-refractivity contribution in [3.05, 3.63) is 77.1 Å². The van der Waals surface area contributed by atoms with Crippen molar-refractivity contribution in [2.24, 2.45) is 11.8 Å². The zero-order valence-electron chi connectivity index (χ0n) is 18.3. The van der Waals surface area contributed by atoms with E-state index in [4.69, 9.17) is 26.2 Å². The summed E-state index contributed by atoms with van der Waals surface area (Å²) in [5.41, 5.74) is 0.900. The van der Waals surface area contributed by atoms with Crippen molar-refractivity contribution in [3.63, 3.8) is 0 Å². The molecule has 1 saturated carbocycles. The molecule has 9 heteroatoms. The first-order valence-corrected chi connectivity index (χ1v) is 11.5. The van der Waals surface area contributed by atoms with Crippen LogP contribution in [0.3, 0.4) is 0 Å². The number of aromatic nitrogens is 2. The molecule has 0 bridgehead atoms. The highest BCUT2D eigenvalue weighted by molar-refractivity contribution is 6.30. The van der Waals surface area contributed by atoms with Gasteiger partial charge in [-0.1, -0.05) is 23.7 Å². The maximum absolute atomic E-state index is 12.7. The molecule has 1 aromatic heterocycles. The number of hydrogen-bond acceptors (Lipinski definition) is 5. The van der Waals surface area contributed by atoms with Gasteiger partial charge in [0.2, 0.25) is 0 Å². The van der Waals surface area contributed by atoms with Gasteiger partial charge in [0.05, 0.1) is 12.7 Å². The maximum atomic E-state index is 12.7. The molecule has 176 valence electrons. The molecule has 5 rings (SSSR count). The summed E-state index contributed by atoms with van der Waals surface area (Å²) >= 11 is 5.93. The second-order valence-corrected chi connectivity index (χ2v) is 9.20. The number of carboxylic acid groups (broad SMARTS) is 1. The van der Waals surface area contributed by atoms with Crippen LogP contribution in [0.1, 0.15) is 28.9 Å². The molecule has 1 unspecified atom stereocenters. The average Bonchev–Trinajstić information content (AvgIpc) is 3.54. The van der Waals surface area contributed by atoms with Crippen LogP contribution in [0.15, 0.2) is 60.8 Å². The molecule has 2 heterocycles. The highest BCUT2D eigenvalue weighted by atomic mass is 35.5. The Morgan fingerprint density at radius 2 is 1.76 bits per heavy atom. The van der Waals surface area contributed by atoms with E-state index in [1.807, 2.05) is 36.4 Å². The van der Waals surface area contributed by atoms with Crippen molar-refractivity contribution in [1.82, 2.24) is 14.7 Å². The van der Waals surface area contributed by atoms with E-state index in [1.54, 1.807) is 17.0 Å². The number of hydrogen-bond donors (Lipinski definition) is 1. The largest absolute Gasteiger partial charge is 0.476 e. The number of carboxylic acids is 1. The number of likely N-dealkylation sites (tertiary alicyclic amines) is 1. The lowest BCUT2D eigenvalue weighted by Crippen LogP contribution is -2.34. The Morgan fingerprint density at radius 3 is 2.44 bits per heavy atom. The van der Waals surface area contributed by atoms with Crippen LogP contribution in [0.5, 0.6) is 11.5 Å². The maximum Gasteiger partial charge on any atom is 0.356 e. The summed E-state index contributed by atoms with van der Waals surface area (Å²) in [5.74, 6) is 1.07. The third kappa shape index (κ3) is 4.93. The molecule has 34 heavy (non-hydrogen) atoms. The summed E-state index contributed by atoms with van der Waals surface area (Å²) in [6.07, 6.45) is 3.34. The molecule has 2 fully saturated rings. The van der Waals surface area contributed by atoms with Gasteiger partial charge in [0.25, 0.3) is 0 Å². The summed E-state index contributed by atoms with van der Waals surface area (Å²) in [5, 5.41) is 13.5. The molecule has 1 N–H and O–H groups in total. The number of rotatable bonds is 6. The lowest BCUT2D eigenvalue weighted by atomic mass is 10.0. The predicted octanol–water partition coefficient (Wildman–Crippen LogP) is 4.92. The van der Waals surface area contributed by atoms with E-state index < -0.39 is 5.97 Å². The Balaban J connectivity index is 1.11. The van der Waals surface area contributed by atoms with E-state index in [0.717, 1.165) is 34.6 Å². The number of ether oxygens (including phenoxy) is 2. The monoisotopic (exact) mass is 481 g/mol. The van der Waals surface area contributed by atoms with Gasteiger partial charge in [-0.05, 0) is 72.7 Å². The summed E-state index contributed by atoms with van der Waals surface area (Å²) in [6.45, 7) is 1.77. The number of benzene rings is 2. The number of nitrogens with zero attached hydrogens (tertiary/aromatic N) is 3. The smallest absolute Gasteiger partial charge is 0.356 e. The molecular formula is C25H24ClN3O5. The number of halogens is 1. The molecule has 2 aromatic carbocycles. The Labute approximate surface area is 201 Å². The number of amides is 1. The fourth-order valence-electron chi connectivity index (χ4n) is 4.78. The third-order valence-electron chi connectivity index (χ3n) is 6.42. The first-order valence-electron chi connectivity index (χ1n) is 11.2. The van der Waals surface area contributed by atoms with Gasteiger partial charge >= 0.3 is 12.0 Å². The van der Waals surface area contributed by atoms with Crippen LogP contribution in [0.25, 0.3) is 0 Å². The van der Waals surface area contributed by atoms with E-state index in [1.165, 1.54) is 12.3 Å². The summed E-state index contributed by atoms with van der Waals surface area (Å²) < 4.78 is 13.2. The third-order valence-corrected chi connectivity index (χ3v) is 6.67. The second kappa shape index (κ2) is 9.48. The van der Waals surface area contributed by atoms with Crippen molar-refractivity contribution < 1.29 is 24.2 Å². The minimum atomic E-state index is -1.15.